The summed E-state index contributed by atoms with van der Waals surface area (Å²) in [6.45, 7) is 4.88. The molecule has 0 amide bonds. The van der Waals surface area contributed by atoms with E-state index in [-0.39, 0.29) is 6.04 Å². The van der Waals surface area contributed by atoms with Crippen LogP contribution in [0.25, 0.3) is 0 Å². The van der Waals surface area contributed by atoms with Gasteiger partial charge < -0.3 is 4.52 Å². The van der Waals surface area contributed by atoms with Crippen LogP contribution in [0, 0.1) is 0 Å². The lowest BCUT2D eigenvalue weighted by Crippen LogP contribution is -2.28. The summed E-state index contributed by atoms with van der Waals surface area (Å²) in [4.78, 5) is 10.8. The predicted octanol–water partition coefficient (Wildman–Crippen LogP) is 1.06. The Bertz CT molecular complexity index is 508. The normalized spacial score (nSPS) is 20.2. The average molecular weight is 262 g/mol. The Morgan fingerprint density at radius 2 is 2.37 bits per heavy atom. The van der Waals surface area contributed by atoms with Crippen molar-refractivity contribution in [1.29, 1.82) is 0 Å². The number of nitrogens with zero attached hydrogens (tertiary/aromatic N) is 6. The molecular formula is C12H18N6O. The minimum absolute atomic E-state index is 0.285. The van der Waals surface area contributed by atoms with Crippen LogP contribution in [0.2, 0.25) is 0 Å². The molecule has 2 aromatic heterocycles. The first-order chi connectivity index (χ1) is 9.36. The molecule has 0 bridgehead atoms. The Kier molecular flexibility index (Phi) is 3.54. The molecule has 19 heavy (non-hydrogen) atoms. The maximum atomic E-state index is 5.21. The Morgan fingerprint density at radius 3 is 3.11 bits per heavy atom. The van der Waals surface area contributed by atoms with Gasteiger partial charge in [0.1, 0.15) is 12.7 Å². The second-order valence-electron chi connectivity index (χ2n) is 4.75. The molecule has 0 aromatic carbocycles. The number of hydrogen-bond acceptors (Lipinski definition) is 6. The summed E-state index contributed by atoms with van der Waals surface area (Å²) in [7, 11) is 0. The molecule has 102 valence electrons. The smallest absolute Gasteiger partial charge is 0.226 e. The molecule has 0 unspecified atom stereocenters. The Labute approximate surface area is 111 Å². The third kappa shape index (κ3) is 2.65. The first kappa shape index (κ1) is 12.3. The SMILES string of the molecule is CCc1nc([C@H]2CCCN2CCn2cncn2)no1. The predicted molar refractivity (Wildman–Crippen MR) is 67.2 cm³/mol. The molecule has 2 aromatic rings. The summed E-state index contributed by atoms with van der Waals surface area (Å²) in [6, 6.07) is 0.285. The minimum atomic E-state index is 0.285. The van der Waals surface area contributed by atoms with Gasteiger partial charge in [-0.2, -0.15) is 10.1 Å². The van der Waals surface area contributed by atoms with Gasteiger partial charge in [0.05, 0.1) is 12.6 Å². The fourth-order valence-electron chi connectivity index (χ4n) is 2.51. The zero-order valence-electron chi connectivity index (χ0n) is 11.1. The van der Waals surface area contributed by atoms with E-state index in [1.165, 1.54) is 6.42 Å². The van der Waals surface area contributed by atoms with E-state index in [2.05, 4.69) is 25.1 Å². The number of hydrogen-bond donors (Lipinski definition) is 0. The molecule has 1 aliphatic rings. The molecule has 1 atom stereocenters. The fraction of sp³-hybridized carbons (Fsp3) is 0.667. The first-order valence-corrected chi connectivity index (χ1v) is 6.75. The molecule has 7 nitrogen and oxygen atoms in total. The third-order valence-electron chi connectivity index (χ3n) is 3.53. The van der Waals surface area contributed by atoms with Gasteiger partial charge in [0.2, 0.25) is 5.89 Å². The fourth-order valence-corrected chi connectivity index (χ4v) is 2.51. The van der Waals surface area contributed by atoms with Crippen LogP contribution in [0.4, 0.5) is 0 Å². The highest BCUT2D eigenvalue weighted by Crippen LogP contribution is 2.29. The van der Waals surface area contributed by atoms with Crippen molar-refractivity contribution in [3.63, 3.8) is 0 Å². The summed E-state index contributed by atoms with van der Waals surface area (Å²) in [5.41, 5.74) is 0. The standard InChI is InChI=1S/C12H18N6O/c1-2-11-15-12(16-19-11)10-4-3-5-17(10)6-7-18-9-13-8-14-18/h8-10H,2-7H2,1H3/t10-/m1/s1. The highest BCUT2D eigenvalue weighted by atomic mass is 16.5. The zero-order chi connectivity index (χ0) is 13.1. The van der Waals surface area contributed by atoms with E-state index in [0.29, 0.717) is 0 Å². The molecule has 0 radical (unpaired) electrons. The minimum Gasteiger partial charge on any atom is -0.339 e. The highest BCUT2D eigenvalue weighted by molar-refractivity contribution is 4.98. The van der Waals surface area contributed by atoms with E-state index in [1.807, 2.05) is 11.6 Å². The summed E-state index contributed by atoms with van der Waals surface area (Å²) < 4.78 is 7.06. The van der Waals surface area contributed by atoms with Crippen molar-refractivity contribution >= 4 is 0 Å². The molecule has 0 saturated carbocycles. The summed E-state index contributed by atoms with van der Waals surface area (Å²) in [5, 5.41) is 8.22. The maximum absolute atomic E-state index is 5.21. The van der Waals surface area contributed by atoms with Gasteiger partial charge >= 0.3 is 0 Å². The van der Waals surface area contributed by atoms with E-state index in [1.54, 1.807) is 12.7 Å². The number of aryl methyl sites for hydroxylation is 1. The monoisotopic (exact) mass is 262 g/mol. The second kappa shape index (κ2) is 5.48. The molecule has 3 rings (SSSR count). The van der Waals surface area contributed by atoms with Crippen molar-refractivity contribution in [3.8, 4) is 0 Å². The van der Waals surface area contributed by atoms with Crippen LogP contribution < -0.4 is 0 Å². The van der Waals surface area contributed by atoms with Gasteiger partial charge in [0.15, 0.2) is 5.82 Å². The van der Waals surface area contributed by atoms with Gasteiger partial charge in [-0.3, -0.25) is 9.58 Å². The maximum Gasteiger partial charge on any atom is 0.226 e. The molecule has 3 heterocycles. The van der Waals surface area contributed by atoms with Crippen molar-refractivity contribution in [1.82, 2.24) is 29.8 Å². The van der Waals surface area contributed by atoms with E-state index >= 15 is 0 Å². The largest absolute Gasteiger partial charge is 0.339 e. The zero-order valence-corrected chi connectivity index (χ0v) is 11.1. The van der Waals surface area contributed by atoms with Crippen LogP contribution in [0.5, 0.6) is 0 Å². The molecule has 1 saturated heterocycles. The average Bonchev–Trinajstić information content (AvgIpc) is 3.16. The number of rotatable bonds is 5. The van der Waals surface area contributed by atoms with E-state index in [4.69, 9.17) is 4.52 Å². The summed E-state index contributed by atoms with van der Waals surface area (Å²) >= 11 is 0. The van der Waals surface area contributed by atoms with Crippen molar-refractivity contribution in [2.24, 2.45) is 0 Å². The van der Waals surface area contributed by atoms with E-state index in [0.717, 1.165) is 44.2 Å². The van der Waals surface area contributed by atoms with Gasteiger partial charge in [-0.05, 0) is 19.4 Å². The van der Waals surface area contributed by atoms with Crippen LogP contribution in [0.3, 0.4) is 0 Å². The van der Waals surface area contributed by atoms with Crippen molar-refractivity contribution < 1.29 is 4.52 Å². The van der Waals surface area contributed by atoms with Gasteiger partial charge in [-0.25, -0.2) is 4.98 Å². The van der Waals surface area contributed by atoms with Crippen molar-refractivity contribution in [3.05, 3.63) is 24.4 Å². The van der Waals surface area contributed by atoms with Crippen LogP contribution in [0.15, 0.2) is 17.2 Å². The molecule has 7 heteroatoms. The Balaban J connectivity index is 1.64. The highest BCUT2D eigenvalue weighted by Gasteiger charge is 2.29. The Hall–Kier alpha value is -1.76. The van der Waals surface area contributed by atoms with Crippen LogP contribution in [0.1, 0.15) is 37.5 Å². The second-order valence-corrected chi connectivity index (χ2v) is 4.75. The number of likely N-dealkylation sites (tertiary alicyclic amines) is 1. The van der Waals surface area contributed by atoms with Crippen molar-refractivity contribution in [2.45, 2.75) is 38.8 Å². The topological polar surface area (TPSA) is 72.9 Å². The van der Waals surface area contributed by atoms with Crippen LogP contribution in [-0.4, -0.2) is 42.9 Å². The molecule has 1 fully saturated rings. The molecule has 0 N–H and O–H groups in total. The Morgan fingerprint density at radius 1 is 1.42 bits per heavy atom. The molecule has 0 aliphatic carbocycles. The van der Waals surface area contributed by atoms with Crippen LogP contribution in [-0.2, 0) is 13.0 Å². The summed E-state index contributed by atoms with van der Waals surface area (Å²) in [6.07, 6.45) is 6.37. The lowest BCUT2D eigenvalue weighted by atomic mass is 10.2. The quantitative estimate of drug-likeness (QED) is 0.802. The van der Waals surface area contributed by atoms with Gasteiger partial charge in [0, 0.05) is 13.0 Å². The van der Waals surface area contributed by atoms with E-state index < -0.39 is 0 Å². The molecule has 1 aliphatic heterocycles. The van der Waals surface area contributed by atoms with Gasteiger partial charge in [-0.15, -0.1) is 0 Å². The van der Waals surface area contributed by atoms with Gasteiger partial charge in [0.25, 0.3) is 0 Å². The van der Waals surface area contributed by atoms with E-state index in [9.17, 15) is 0 Å². The van der Waals surface area contributed by atoms with Crippen LogP contribution >= 0.6 is 0 Å². The first-order valence-electron chi connectivity index (χ1n) is 6.75. The number of aromatic nitrogens is 5. The van der Waals surface area contributed by atoms with Crippen molar-refractivity contribution in [2.75, 3.05) is 13.1 Å². The lowest BCUT2D eigenvalue weighted by molar-refractivity contribution is 0.230. The lowest BCUT2D eigenvalue weighted by Gasteiger charge is -2.21. The summed E-state index contributed by atoms with van der Waals surface area (Å²) in [5.74, 6) is 1.55. The third-order valence-corrected chi connectivity index (χ3v) is 3.53. The molecular weight excluding hydrogens is 244 g/mol. The van der Waals surface area contributed by atoms with Gasteiger partial charge in [-0.1, -0.05) is 12.1 Å². The molecule has 0 spiro atoms.